The van der Waals surface area contributed by atoms with Gasteiger partial charge in [0.1, 0.15) is 41.0 Å². The van der Waals surface area contributed by atoms with Gasteiger partial charge in [-0.1, -0.05) is 12.1 Å². The summed E-state index contributed by atoms with van der Waals surface area (Å²) < 4.78 is 41.2. The van der Waals surface area contributed by atoms with Gasteiger partial charge in [0.15, 0.2) is 5.78 Å². The van der Waals surface area contributed by atoms with E-state index in [9.17, 15) is 27.9 Å². The first kappa shape index (κ1) is 31.0. The van der Waals surface area contributed by atoms with Gasteiger partial charge >= 0.3 is 6.01 Å². The molecule has 6 rings (SSSR count). The highest BCUT2D eigenvalue weighted by molar-refractivity contribution is 9.10. The fourth-order valence-corrected chi connectivity index (χ4v) is 6.93. The van der Waals surface area contributed by atoms with E-state index in [1.165, 1.54) is 16.5 Å². The molecule has 16 heteroatoms. The molecule has 0 unspecified atom stereocenters. The van der Waals surface area contributed by atoms with Crippen LogP contribution in [-0.4, -0.2) is 92.7 Å². The third kappa shape index (κ3) is 6.54. The fraction of sp³-hybridized carbons (Fsp3) is 0.345. The molecule has 0 saturated carbocycles. The molecule has 0 aliphatic carbocycles. The maximum Gasteiger partial charge on any atom is 0.316 e. The largest absolute Gasteiger partial charge is 0.457 e. The number of ether oxygens (including phenoxy) is 1. The smallest absolute Gasteiger partial charge is 0.316 e. The number of halogens is 2. The lowest BCUT2D eigenvalue weighted by Gasteiger charge is -2.45. The zero-order valence-electron chi connectivity index (χ0n) is 24.2. The van der Waals surface area contributed by atoms with Gasteiger partial charge in [0.25, 0.3) is 0 Å². The van der Waals surface area contributed by atoms with Crippen LogP contribution in [-0.2, 0) is 16.1 Å². The third-order valence-electron chi connectivity index (χ3n) is 7.69. The number of pyridine rings is 1. The number of amides is 2. The van der Waals surface area contributed by atoms with E-state index in [4.69, 9.17) is 4.74 Å². The molecule has 236 valence electrons. The van der Waals surface area contributed by atoms with Crippen LogP contribution in [0.2, 0.25) is 0 Å². The van der Waals surface area contributed by atoms with Gasteiger partial charge in [-0.05, 0) is 52.2 Å². The minimum absolute atomic E-state index is 0.114. The summed E-state index contributed by atoms with van der Waals surface area (Å²) >= 11 is 3.27. The van der Waals surface area contributed by atoms with Gasteiger partial charge in [-0.2, -0.15) is 15.7 Å². The van der Waals surface area contributed by atoms with Crippen molar-refractivity contribution < 1.29 is 32.6 Å². The quantitative estimate of drug-likeness (QED) is 0.178. The molecular weight excluding hydrogens is 673 g/mol. The van der Waals surface area contributed by atoms with Crippen molar-refractivity contribution in [3.63, 3.8) is 0 Å². The van der Waals surface area contributed by atoms with Crippen molar-refractivity contribution in [3.05, 3.63) is 58.6 Å². The molecule has 45 heavy (non-hydrogen) atoms. The number of aryl methyl sites for hydroxylation is 1. The molecule has 0 spiro atoms. The summed E-state index contributed by atoms with van der Waals surface area (Å²) in [6, 6.07) is 7.81. The number of benzene rings is 1. The maximum atomic E-state index is 14.6. The topological polar surface area (TPSA) is 173 Å². The first-order chi connectivity index (χ1) is 21.4. The maximum absolute atomic E-state index is 14.6. The number of rotatable bonds is 8. The molecule has 2 saturated heterocycles. The summed E-state index contributed by atoms with van der Waals surface area (Å²) in [6.45, 7) is 2.60. The van der Waals surface area contributed by atoms with Crippen molar-refractivity contribution in [1.82, 2.24) is 29.6 Å². The Balaban J connectivity index is 1.20. The summed E-state index contributed by atoms with van der Waals surface area (Å²) in [7, 11) is -2.55. The number of ketones is 1. The number of alkyl halides is 1. The molecule has 4 aromatic rings. The Kier molecular flexibility index (Phi) is 8.32. The van der Waals surface area contributed by atoms with Crippen LogP contribution in [0.3, 0.4) is 0 Å². The molecule has 3 N–H and O–H groups in total. The molecule has 2 aliphatic heterocycles. The van der Waals surface area contributed by atoms with E-state index in [-0.39, 0.29) is 54.6 Å². The number of likely N-dealkylation sites (tertiary alicyclic amines) is 1. The van der Waals surface area contributed by atoms with Gasteiger partial charge in [-0.25, -0.2) is 19.3 Å². The van der Waals surface area contributed by atoms with Gasteiger partial charge in [-0.3, -0.25) is 28.2 Å². The van der Waals surface area contributed by atoms with Gasteiger partial charge in [-0.15, -0.1) is 0 Å². The number of carbonyl (C=O) groups is 3. The summed E-state index contributed by atoms with van der Waals surface area (Å²) in [5.74, 6) is -0.756. The Morgan fingerprint density at radius 2 is 1.87 bits per heavy atom. The summed E-state index contributed by atoms with van der Waals surface area (Å²) in [6.07, 6.45) is 1.23. The molecule has 3 aromatic heterocycles. The second-order valence-corrected chi connectivity index (χ2v) is 14.2. The van der Waals surface area contributed by atoms with Gasteiger partial charge in [0, 0.05) is 36.7 Å². The lowest BCUT2D eigenvalue weighted by Crippen LogP contribution is -2.44. The zero-order valence-corrected chi connectivity index (χ0v) is 26.6. The van der Waals surface area contributed by atoms with Crippen molar-refractivity contribution in [2.45, 2.75) is 45.1 Å². The highest BCUT2D eigenvalue weighted by Crippen LogP contribution is 2.49. The van der Waals surface area contributed by atoms with E-state index in [2.05, 4.69) is 41.3 Å². The number of hydrogen-bond donors (Lipinski definition) is 3. The molecule has 13 nitrogen and oxygen atoms in total. The van der Waals surface area contributed by atoms with Crippen molar-refractivity contribution in [1.29, 1.82) is 0 Å². The van der Waals surface area contributed by atoms with E-state index in [1.807, 2.05) is 0 Å². The Bertz CT molecular complexity index is 1810. The van der Waals surface area contributed by atoms with Gasteiger partial charge in [0.2, 0.25) is 11.8 Å². The molecule has 0 radical (unpaired) electrons. The van der Waals surface area contributed by atoms with E-state index in [0.717, 1.165) is 0 Å². The Morgan fingerprint density at radius 1 is 1.13 bits per heavy atom. The Labute approximate surface area is 266 Å². The van der Waals surface area contributed by atoms with Crippen LogP contribution in [0.4, 0.5) is 10.2 Å². The zero-order chi connectivity index (χ0) is 32.0. The molecule has 2 fully saturated rings. The van der Waals surface area contributed by atoms with Gasteiger partial charge < -0.3 is 15.0 Å². The number of carbonyl (C=O) groups excluding carboxylic acids is 3. The summed E-state index contributed by atoms with van der Waals surface area (Å²) in [4.78, 5) is 53.1. The number of nitrogens with zero attached hydrogens (tertiary/aromatic N) is 6. The predicted octanol–water partition coefficient (Wildman–Crippen LogP) is 4.25. The number of anilines is 1. The SMILES string of the molecule is CC(=O)c1nn(CC(=O)N2C[C@H](F)C[C@H]2C(=O)Nc2nc(Br)ccc2C)c2ccc(-c3cnc(OC4CS(O)(O)C4)nc3)cc12. The Hall–Kier alpha value is -3.99. The second kappa shape index (κ2) is 12.1. The van der Waals surface area contributed by atoms with Crippen LogP contribution in [0.5, 0.6) is 6.01 Å². The van der Waals surface area contributed by atoms with E-state index < -0.39 is 34.6 Å². The van der Waals surface area contributed by atoms with Crippen LogP contribution in [0.15, 0.2) is 47.3 Å². The molecule has 0 bridgehead atoms. The lowest BCUT2D eigenvalue weighted by atomic mass is 10.0. The minimum atomic E-state index is -2.55. The minimum Gasteiger partial charge on any atom is -0.457 e. The van der Waals surface area contributed by atoms with Crippen molar-refractivity contribution in [2.75, 3.05) is 23.4 Å². The number of aromatic nitrogens is 5. The molecule has 2 amide bonds. The number of hydrogen-bond acceptors (Lipinski definition) is 10. The van der Waals surface area contributed by atoms with E-state index in [0.29, 0.717) is 38.0 Å². The van der Waals surface area contributed by atoms with Crippen molar-refractivity contribution in [3.8, 4) is 17.1 Å². The van der Waals surface area contributed by atoms with Gasteiger partial charge in [0.05, 0.1) is 23.6 Å². The molecule has 5 heterocycles. The van der Waals surface area contributed by atoms with Crippen LogP contribution in [0.1, 0.15) is 29.4 Å². The highest BCUT2D eigenvalue weighted by Gasteiger charge is 2.40. The normalized spacial score (nSPS) is 20.1. The van der Waals surface area contributed by atoms with Crippen LogP contribution < -0.4 is 10.1 Å². The van der Waals surface area contributed by atoms with Crippen molar-refractivity contribution >= 4 is 60.8 Å². The predicted molar refractivity (Wildman–Crippen MR) is 168 cm³/mol. The van der Waals surface area contributed by atoms with Crippen LogP contribution >= 0.6 is 26.5 Å². The molecule has 1 aromatic carbocycles. The van der Waals surface area contributed by atoms with Crippen LogP contribution in [0.25, 0.3) is 22.0 Å². The average molecular weight is 703 g/mol. The summed E-state index contributed by atoms with van der Waals surface area (Å²) in [5, 5.41) is 7.62. The molecule has 2 aliphatic rings. The Morgan fingerprint density at radius 3 is 2.56 bits per heavy atom. The monoisotopic (exact) mass is 701 g/mol. The molecular formula is C29H29BrFN7O6S. The first-order valence-electron chi connectivity index (χ1n) is 14.0. The second-order valence-electron chi connectivity index (χ2n) is 11.1. The first-order valence-corrected chi connectivity index (χ1v) is 16.7. The number of Topliss-reactive ketones (excluding diaryl/α,β-unsaturated/α-hetero) is 1. The standard InChI is InChI=1S/C29H29BrFN7O6S/c1-15-3-6-24(30)34-27(15)35-28(41)23-8-19(31)11-37(23)25(40)12-38-22-5-4-17(7-21(22)26(36-38)16(2)39)18-9-32-29(33-10-18)44-20-13-45(42,43)14-20/h3-7,9-10,19-20,23,42-43H,8,11-14H2,1-2H3,(H,34,35,41)/t19-,23+/m1/s1. The average Bonchev–Trinajstić information content (AvgIpc) is 3.55. The number of fused-ring (bicyclic) bond motifs is 1. The number of nitrogens with one attached hydrogen (secondary N) is 1. The lowest BCUT2D eigenvalue weighted by molar-refractivity contribution is -0.137. The van der Waals surface area contributed by atoms with Crippen LogP contribution in [0, 0.1) is 6.92 Å². The fourth-order valence-electron chi connectivity index (χ4n) is 5.39. The third-order valence-corrected chi connectivity index (χ3v) is 9.94. The highest BCUT2D eigenvalue weighted by atomic mass is 79.9. The molecule has 2 atom stereocenters. The van der Waals surface area contributed by atoms with E-state index >= 15 is 0 Å². The summed E-state index contributed by atoms with van der Waals surface area (Å²) in [5.41, 5.74) is 2.70. The van der Waals surface area contributed by atoms with E-state index in [1.54, 1.807) is 49.6 Å². The van der Waals surface area contributed by atoms with Crippen molar-refractivity contribution in [2.24, 2.45) is 0 Å².